The zero-order valence-corrected chi connectivity index (χ0v) is 20.4. The second kappa shape index (κ2) is 6.84. The van der Waals surface area contributed by atoms with Gasteiger partial charge in [0.1, 0.15) is 0 Å². The summed E-state index contributed by atoms with van der Waals surface area (Å²) in [6.07, 6.45) is 12.9. The van der Waals surface area contributed by atoms with Crippen LogP contribution in [0.25, 0.3) is 0 Å². The number of carboxylic acids is 1. The fourth-order valence-corrected chi connectivity index (χ4v) is 9.44. The quantitative estimate of drug-likeness (QED) is 0.472. The van der Waals surface area contributed by atoms with E-state index in [4.69, 9.17) is 0 Å². The average Bonchev–Trinajstić information content (AvgIpc) is 2.70. The van der Waals surface area contributed by atoms with Crippen LogP contribution in [-0.4, -0.2) is 22.3 Å². The molecule has 0 spiro atoms. The Morgan fingerprint density at radius 2 is 1.58 bits per heavy atom. The van der Waals surface area contributed by atoms with Gasteiger partial charge in [-0.1, -0.05) is 46.3 Å². The smallest absolute Gasteiger partial charge is 0.314 e. The van der Waals surface area contributed by atoms with Crippen molar-refractivity contribution < 1.29 is 15.0 Å². The zero-order valence-electron chi connectivity index (χ0n) is 20.4. The van der Waals surface area contributed by atoms with Crippen LogP contribution in [0.2, 0.25) is 0 Å². The van der Waals surface area contributed by atoms with Crippen LogP contribution < -0.4 is 0 Å². The van der Waals surface area contributed by atoms with Crippen LogP contribution >= 0.6 is 0 Å². The molecule has 0 aliphatic heterocycles. The Kier molecular flexibility index (Phi) is 4.85. The van der Waals surface area contributed by atoms with Gasteiger partial charge in [-0.3, -0.25) is 4.79 Å². The molecule has 2 N–H and O–H groups in total. The van der Waals surface area contributed by atoms with Gasteiger partial charge in [-0.05, 0) is 110 Å². The Bertz CT molecular complexity index is 794. The minimum absolute atomic E-state index is 0.0488. The van der Waals surface area contributed by atoms with Gasteiger partial charge >= 0.3 is 5.97 Å². The third kappa shape index (κ3) is 2.97. The van der Waals surface area contributed by atoms with Gasteiger partial charge in [-0.15, -0.1) is 0 Å². The summed E-state index contributed by atoms with van der Waals surface area (Å²) in [6, 6.07) is 0. The molecule has 4 saturated carbocycles. The molecule has 0 aromatic carbocycles. The molecule has 5 aliphatic rings. The number of hydrogen-bond donors (Lipinski definition) is 2. The zero-order chi connectivity index (χ0) is 22.4. The minimum Gasteiger partial charge on any atom is -0.481 e. The normalized spacial score (nSPS) is 50.2. The van der Waals surface area contributed by atoms with Crippen LogP contribution in [-0.2, 0) is 4.79 Å². The van der Waals surface area contributed by atoms with E-state index in [1.807, 2.05) is 0 Å². The molecule has 5 aliphatic carbocycles. The summed E-state index contributed by atoms with van der Waals surface area (Å²) in [4.78, 5) is 13.2. The van der Waals surface area contributed by atoms with Gasteiger partial charge in [0.05, 0.1) is 11.5 Å². The third-order valence-electron chi connectivity index (χ3n) is 11.5. The molecule has 4 fully saturated rings. The van der Waals surface area contributed by atoms with Crippen molar-refractivity contribution in [2.24, 2.45) is 51.2 Å². The summed E-state index contributed by atoms with van der Waals surface area (Å²) in [5, 5.41) is 21.5. The molecule has 0 unspecified atom stereocenters. The summed E-state index contributed by atoms with van der Waals surface area (Å²) in [5.74, 6) is 1.76. The molecule has 31 heavy (non-hydrogen) atoms. The van der Waals surface area contributed by atoms with E-state index in [1.54, 1.807) is 0 Å². The standard InChI is InChI=1S/C28H44O3/c1-25(2)12-13-27(5)14-15-28(24(30)31)20-10-9-19-17(7-11-23(29)26(19,3)4)18(20)6-8-21(28)22(27)16-25/h8,17-20,22-23,29H,6-7,9-16H2,1-5H3,(H,30,31)/t17-,18-,19-,20-,22-,23-,27-,28+/m0/s1. The fraction of sp³-hybridized carbons (Fsp3) is 0.893. The van der Waals surface area contributed by atoms with E-state index in [-0.39, 0.29) is 22.9 Å². The molecule has 3 heteroatoms. The van der Waals surface area contributed by atoms with E-state index < -0.39 is 11.4 Å². The molecular weight excluding hydrogens is 384 g/mol. The van der Waals surface area contributed by atoms with Gasteiger partial charge in [0.15, 0.2) is 0 Å². The number of aliphatic hydroxyl groups excluding tert-OH is 1. The first kappa shape index (κ1) is 22.0. The van der Waals surface area contributed by atoms with Gasteiger partial charge in [-0.25, -0.2) is 0 Å². The van der Waals surface area contributed by atoms with E-state index >= 15 is 0 Å². The third-order valence-corrected chi connectivity index (χ3v) is 11.5. The van der Waals surface area contributed by atoms with Gasteiger partial charge in [0.2, 0.25) is 0 Å². The molecular formula is C28H44O3. The molecule has 0 saturated heterocycles. The summed E-state index contributed by atoms with van der Waals surface area (Å²) in [7, 11) is 0. The number of aliphatic hydroxyl groups is 1. The fourth-order valence-electron chi connectivity index (χ4n) is 9.44. The van der Waals surface area contributed by atoms with Gasteiger partial charge < -0.3 is 10.2 Å². The first-order valence-electron chi connectivity index (χ1n) is 13.0. The Morgan fingerprint density at radius 3 is 2.29 bits per heavy atom. The maximum atomic E-state index is 13.2. The Balaban J connectivity index is 1.55. The van der Waals surface area contributed by atoms with Crippen molar-refractivity contribution in [3.8, 4) is 0 Å². The molecule has 0 bridgehead atoms. The first-order chi connectivity index (χ1) is 14.4. The molecule has 8 atom stereocenters. The number of fused-ring (bicyclic) bond motifs is 7. The highest BCUT2D eigenvalue weighted by Gasteiger charge is 2.64. The maximum Gasteiger partial charge on any atom is 0.314 e. The Morgan fingerprint density at radius 1 is 0.903 bits per heavy atom. The Hall–Kier alpha value is -0.830. The number of carboxylic acid groups (broad SMARTS) is 1. The molecule has 174 valence electrons. The summed E-state index contributed by atoms with van der Waals surface area (Å²) in [5.41, 5.74) is 1.24. The van der Waals surface area contributed by atoms with Crippen molar-refractivity contribution in [3.63, 3.8) is 0 Å². The topological polar surface area (TPSA) is 57.5 Å². The molecule has 3 nitrogen and oxygen atoms in total. The number of carbonyl (C=O) groups is 1. The van der Waals surface area contributed by atoms with E-state index in [0.29, 0.717) is 29.1 Å². The van der Waals surface area contributed by atoms with Gasteiger partial charge in [-0.2, -0.15) is 0 Å². The second-order valence-corrected chi connectivity index (χ2v) is 13.8. The highest BCUT2D eigenvalue weighted by Crippen LogP contribution is 2.69. The van der Waals surface area contributed by atoms with E-state index in [9.17, 15) is 15.0 Å². The summed E-state index contributed by atoms with van der Waals surface area (Å²) >= 11 is 0. The lowest BCUT2D eigenvalue weighted by molar-refractivity contribution is -0.168. The number of aliphatic carboxylic acids is 1. The number of hydrogen-bond acceptors (Lipinski definition) is 2. The Labute approximate surface area is 189 Å². The van der Waals surface area contributed by atoms with Crippen molar-refractivity contribution in [2.45, 2.75) is 105 Å². The van der Waals surface area contributed by atoms with Crippen molar-refractivity contribution in [3.05, 3.63) is 11.6 Å². The molecule has 5 rings (SSSR count). The van der Waals surface area contributed by atoms with E-state index in [2.05, 4.69) is 40.7 Å². The van der Waals surface area contributed by atoms with Crippen LogP contribution in [0, 0.1) is 51.2 Å². The number of rotatable bonds is 1. The van der Waals surface area contributed by atoms with Crippen LogP contribution in [0.3, 0.4) is 0 Å². The lowest BCUT2D eigenvalue weighted by Crippen LogP contribution is -2.59. The predicted molar refractivity (Wildman–Crippen MR) is 123 cm³/mol. The monoisotopic (exact) mass is 428 g/mol. The van der Waals surface area contributed by atoms with Crippen molar-refractivity contribution in [1.82, 2.24) is 0 Å². The van der Waals surface area contributed by atoms with Crippen molar-refractivity contribution >= 4 is 5.97 Å². The van der Waals surface area contributed by atoms with Crippen molar-refractivity contribution in [1.29, 1.82) is 0 Å². The highest BCUT2D eigenvalue weighted by atomic mass is 16.4. The van der Waals surface area contributed by atoms with Gasteiger partial charge in [0, 0.05) is 0 Å². The van der Waals surface area contributed by atoms with Crippen LogP contribution in [0.15, 0.2) is 11.6 Å². The lowest BCUT2D eigenvalue weighted by atomic mass is 9.40. The average molecular weight is 429 g/mol. The van der Waals surface area contributed by atoms with Crippen molar-refractivity contribution in [2.75, 3.05) is 0 Å². The van der Waals surface area contributed by atoms with Crippen LogP contribution in [0.1, 0.15) is 98.8 Å². The SMILES string of the molecule is CC1(C)CC[C@@]2(C)CC[C@]3(C(=O)O)C(=CC[C@H]4[C@@H]5CC[C@H](O)C(C)(C)[C@H]5CC[C@@H]43)[C@@H]2C1. The summed E-state index contributed by atoms with van der Waals surface area (Å²) < 4.78 is 0. The largest absolute Gasteiger partial charge is 0.481 e. The number of allylic oxidation sites excluding steroid dienone is 1. The lowest BCUT2D eigenvalue weighted by Gasteiger charge is -2.63. The highest BCUT2D eigenvalue weighted by molar-refractivity contribution is 5.80. The van der Waals surface area contributed by atoms with Gasteiger partial charge in [0.25, 0.3) is 0 Å². The van der Waals surface area contributed by atoms with Crippen LogP contribution in [0.5, 0.6) is 0 Å². The molecule has 0 aromatic heterocycles. The maximum absolute atomic E-state index is 13.2. The summed E-state index contributed by atoms with van der Waals surface area (Å²) in [6.45, 7) is 11.7. The minimum atomic E-state index is -0.633. The first-order valence-corrected chi connectivity index (χ1v) is 13.0. The van der Waals surface area contributed by atoms with E-state index in [0.717, 1.165) is 51.4 Å². The second-order valence-electron chi connectivity index (χ2n) is 13.8. The molecule has 0 aromatic rings. The van der Waals surface area contributed by atoms with Crippen LogP contribution in [0.4, 0.5) is 0 Å². The van der Waals surface area contributed by atoms with E-state index in [1.165, 1.54) is 18.4 Å². The molecule has 0 radical (unpaired) electrons. The molecule has 0 heterocycles. The molecule has 0 amide bonds. The predicted octanol–water partition coefficient (Wildman–Crippen LogP) is 6.45.